The summed E-state index contributed by atoms with van der Waals surface area (Å²) >= 11 is 3.29. The van der Waals surface area contributed by atoms with Crippen LogP contribution in [0, 0.1) is 0 Å². The Morgan fingerprint density at radius 3 is 2.78 bits per heavy atom. The molecule has 0 atom stereocenters. The van der Waals surface area contributed by atoms with Gasteiger partial charge in [-0.2, -0.15) is 5.10 Å². The molecule has 1 amide bonds. The first kappa shape index (κ1) is 15.6. The highest BCUT2D eigenvalue weighted by Gasteiger charge is 2.12. The number of hydrogen-bond acceptors (Lipinski definition) is 4. The fraction of sp³-hybridized carbons (Fsp3) is 0.250. The Morgan fingerprint density at radius 1 is 1.26 bits per heavy atom. The Hall–Kier alpha value is -2.28. The zero-order chi connectivity index (χ0) is 16.2. The summed E-state index contributed by atoms with van der Waals surface area (Å²) in [7, 11) is 0. The van der Waals surface area contributed by atoms with Gasteiger partial charge in [-0.3, -0.25) is 4.79 Å². The number of carbonyl (C=O) groups excluding carboxylic acids is 1. The summed E-state index contributed by atoms with van der Waals surface area (Å²) in [5.74, 6) is 1.14. The lowest BCUT2D eigenvalue weighted by molar-refractivity contribution is 0.0950. The van der Waals surface area contributed by atoms with Crippen LogP contribution in [0.1, 0.15) is 29.4 Å². The van der Waals surface area contributed by atoms with Crippen LogP contribution in [0.25, 0.3) is 0 Å². The first-order chi connectivity index (χ1) is 11.1. The summed E-state index contributed by atoms with van der Waals surface area (Å²) in [5.41, 5.74) is 4.51. The van der Waals surface area contributed by atoms with Gasteiger partial charge in [-0.25, -0.2) is 5.43 Å². The van der Waals surface area contributed by atoms with Gasteiger partial charge in [-0.05, 0) is 47.1 Å². The first-order valence-electron chi connectivity index (χ1n) is 7.22. The number of nitrogens with zero attached hydrogens (tertiary/aromatic N) is 1. The molecule has 1 aromatic heterocycles. The van der Waals surface area contributed by atoms with Gasteiger partial charge in [0, 0.05) is 22.7 Å². The van der Waals surface area contributed by atoms with E-state index in [2.05, 4.69) is 31.4 Å². The Balaban J connectivity index is 1.73. The molecule has 0 saturated heterocycles. The van der Waals surface area contributed by atoms with E-state index in [1.54, 1.807) is 12.3 Å². The molecule has 0 saturated carbocycles. The number of aromatic nitrogens is 1. The van der Waals surface area contributed by atoms with Gasteiger partial charge in [0.05, 0.1) is 18.9 Å². The molecule has 7 heteroatoms. The van der Waals surface area contributed by atoms with Gasteiger partial charge in [0.1, 0.15) is 5.69 Å². The number of rotatable bonds is 3. The number of hydrogen-bond donors (Lipinski definition) is 2. The number of carbonyl (C=O) groups is 1. The van der Waals surface area contributed by atoms with Crippen molar-refractivity contribution in [1.29, 1.82) is 0 Å². The average Bonchev–Trinajstić information content (AvgIpc) is 2.85. The van der Waals surface area contributed by atoms with Crippen molar-refractivity contribution in [2.75, 3.05) is 13.2 Å². The predicted octanol–water partition coefficient (Wildman–Crippen LogP) is 3.09. The highest BCUT2D eigenvalue weighted by Crippen LogP contribution is 2.30. The number of fused-ring (bicyclic) bond motifs is 1. The van der Waals surface area contributed by atoms with Crippen LogP contribution in [0.15, 0.2) is 40.0 Å². The summed E-state index contributed by atoms with van der Waals surface area (Å²) < 4.78 is 12.1. The molecule has 3 rings (SSSR count). The number of halogens is 1. The maximum absolute atomic E-state index is 12.0. The summed E-state index contributed by atoms with van der Waals surface area (Å²) in [4.78, 5) is 14.8. The molecule has 23 heavy (non-hydrogen) atoms. The number of aromatic amines is 1. The fourth-order valence-electron chi connectivity index (χ4n) is 2.15. The third-order valence-electron chi connectivity index (χ3n) is 3.38. The molecule has 0 spiro atoms. The minimum absolute atomic E-state index is 0.301. The van der Waals surface area contributed by atoms with Gasteiger partial charge in [-0.15, -0.1) is 0 Å². The maximum Gasteiger partial charge on any atom is 0.287 e. The summed E-state index contributed by atoms with van der Waals surface area (Å²) in [6.45, 7) is 3.11. The second kappa shape index (κ2) is 6.87. The lowest BCUT2D eigenvalue weighted by Gasteiger charge is -2.09. The van der Waals surface area contributed by atoms with E-state index in [9.17, 15) is 4.79 Å². The summed E-state index contributed by atoms with van der Waals surface area (Å²) in [6, 6.07) is 7.31. The van der Waals surface area contributed by atoms with Crippen molar-refractivity contribution in [3.63, 3.8) is 0 Å². The van der Waals surface area contributed by atoms with Gasteiger partial charge >= 0.3 is 0 Å². The number of nitrogens with one attached hydrogen (secondary N) is 2. The van der Waals surface area contributed by atoms with Crippen LogP contribution < -0.4 is 14.9 Å². The zero-order valence-electron chi connectivity index (χ0n) is 12.6. The number of amides is 1. The van der Waals surface area contributed by atoms with Gasteiger partial charge in [0.25, 0.3) is 5.91 Å². The van der Waals surface area contributed by atoms with Gasteiger partial charge < -0.3 is 14.5 Å². The van der Waals surface area contributed by atoms with Gasteiger partial charge in [0.2, 0.25) is 0 Å². The highest BCUT2D eigenvalue weighted by molar-refractivity contribution is 9.10. The summed E-state index contributed by atoms with van der Waals surface area (Å²) in [5, 5.41) is 4.14. The van der Waals surface area contributed by atoms with E-state index < -0.39 is 0 Å². The molecule has 0 unspecified atom stereocenters. The fourth-order valence-corrected chi connectivity index (χ4v) is 2.49. The van der Waals surface area contributed by atoms with Crippen molar-refractivity contribution in [2.45, 2.75) is 13.3 Å². The first-order valence-corrected chi connectivity index (χ1v) is 8.01. The predicted molar refractivity (Wildman–Crippen MR) is 90.2 cm³/mol. The summed E-state index contributed by atoms with van der Waals surface area (Å²) in [6.07, 6.45) is 2.55. The number of benzene rings is 1. The lowest BCUT2D eigenvalue weighted by atomic mass is 10.1. The van der Waals surface area contributed by atoms with Crippen molar-refractivity contribution in [3.05, 3.63) is 46.2 Å². The largest absolute Gasteiger partial charge is 0.490 e. The molecule has 0 radical (unpaired) electrons. The molecule has 0 fully saturated rings. The normalized spacial score (nSPS) is 14.3. The molecule has 1 aliphatic rings. The monoisotopic (exact) mass is 377 g/mol. The van der Waals surface area contributed by atoms with Gasteiger partial charge in [-0.1, -0.05) is 0 Å². The van der Waals surface area contributed by atoms with Crippen molar-refractivity contribution in [1.82, 2.24) is 10.4 Å². The van der Waals surface area contributed by atoms with Crippen LogP contribution in [-0.4, -0.2) is 29.8 Å². The Kier molecular flexibility index (Phi) is 4.66. The topological polar surface area (TPSA) is 75.7 Å². The molecule has 1 aromatic carbocycles. The molecular formula is C16H16BrN3O3. The van der Waals surface area contributed by atoms with E-state index in [1.165, 1.54) is 0 Å². The molecule has 0 aliphatic carbocycles. The van der Waals surface area contributed by atoms with Crippen LogP contribution in [0.2, 0.25) is 0 Å². The van der Waals surface area contributed by atoms with Crippen LogP contribution in [0.3, 0.4) is 0 Å². The van der Waals surface area contributed by atoms with E-state index in [4.69, 9.17) is 9.47 Å². The van der Waals surface area contributed by atoms with Crippen LogP contribution in [-0.2, 0) is 0 Å². The average molecular weight is 378 g/mol. The molecule has 2 N–H and O–H groups in total. The van der Waals surface area contributed by atoms with E-state index in [0.717, 1.165) is 22.2 Å². The molecule has 1 aliphatic heterocycles. The van der Waals surface area contributed by atoms with E-state index in [0.29, 0.717) is 30.4 Å². The molecular weight excluding hydrogens is 362 g/mol. The highest BCUT2D eigenvalue weighted by atomic mass is 79.9. The smallest absolute Gasteiger partial charge is 0.287 e. The Bertz CT molecular complexity index is 755. The third-order valence-corrected chi connectivity index (χ3v) is 3.84. The Labute approximate surface area is 142 Å². The van der Waals surface area contributed by atoms with Crippen LogP contribution in [0.4, 0.5) is 0 Å². The van der Waals surface area contributed by atoms with E-state index >= 15 is 0 Å². The Morgan fingerprint density at radius 2 is 2.04 bits per heavy atom. The standard InChI is InChI=1S/C16H16BrN3O3/c1-10(19-20-16(21)13-8-12(17)9-18-13)11-3-4-14-15(7-11)23-6-2-5-22-14/h3-4,7-9,18H,2,5-6H2,1H3,(H,20,21). The van der Waals surface area contributed by atoms with Gasteiger partial charge in [0.15, 0.2) is 11.5 Å². The molecule has 0 bridgehead atoms. The van der Waals surface area contributed by atoms with Crippen molar-refractivity contribution >= 4 is 27.5 Å². The third kappa shape index (κ3) is 3.73. The van der Waals surface area contributed by atoms with Crippen LogP contribution >= 0.6 is 15.9 Å². The minimum atomic E-state index is -0.301. The number of ether oxygens (including phenoxy) is 2. The van der Waals surface area contributed by atoms with Crippen molar-refractivity contribution < 1.29 is 14.3 Å². The number of H-pyrrole nitrogens is 1. The molecule has 6 nitrogen and oxygen atoms in total. The number of hydrazone groups is 1. The molecule has 2 heterocycles. The van der Waals surface area contributed by atoms with E-state index in [1.807, 2.05) is 25.1 Å². The maximum atomic E-state index is 12.0. The van der Waals surface area contributed by atoms with E-state index in [-0.39, 0.29) is 5.91 Å². The lowest BCUT2D eigenvalue weighted by Crippen LogP contribution is -2.19. The minimum Gasteiger partial charge on any atom is -0.490 e. The quantitative estimate of drug-likeness (QED) is 0.637. The SMILES string of the molecule is CC(=NNC(=O)c1cc(Br)c[nH]1)c1ccc2c(c1)OCCCO2. The zero-order valence-corrected chi connectivity index (χ0v) is 14.1. The van der Waals surface area contributed by atoms with Crippen LogP contribution in [0.5, 0.6) is 11.5 Å². The second-order valence-electron chi connectivity index (χ2n) is 5.08. The van der Waals surface area contributed by atoms with Crippen molar-refractivity contribution in [2.24, 2.45) is 5.10 Å². The van der Waals surface area contributed by atoms with Crippen molar-refractivity contribution in [3.8, 4) is 11.5 Å². The molecule has 120 valence electrons. The molecule has 2 aromatic rings. The second-order valence-corrected chi connectivity index (χ2v) is 6.00.